The van der Waals surface area contributed by atoms with Crippen molar-refractivity contribution in [3.8, 4) is 0 Å². The van der Waals surface area contributed by atoms with E-state index < -0.39 is 6.17 Å². The van der Waals surface area contributed by atoms with Crippen LogP contribution in [0.25, 0.3) is 0 Å². The molecular weight excluding hydrogens is 147 g/mol. The zero-order valence-electron chi connectivity index (χ0n) is 6.51. The molecule has 0 bridgehead atoms. The molecule has 1 heterocycles. The molecule has 0 aromatic heterocycles. The van der Waals surface area contributed by atoms with Crippen LogP contribution in [0.3, 0.4) is 0 Å². The van der Waals surface area contributed by atoms with Gasteiger partial charge >= 0.3 is 0 Å². The molecule has 0 aromatic carbocycles. The summed E-state index contributed by atoms with van der Waals surface area (Å²) in [5, 5.41) is 0. The van der Waals surface area contributed by atoms with Crippen LogP contribution in [0.5, 0.6) is 0 Å². The van der Waals surface area contributed by atoms with E-state index in [0.717, 1.165) is 12.8 Å². The molecule has 0 radical (unpaired) electrons. The van der Waals surface area contributed by atoms with Crippen molar-refractivity contribution in [2.75, 3.05) is 13.2 Å². The molecule has 0 aromatic rings. The number of hydrogen-bond acceptors (Lipinski definition) is 2. The molecule has 1 aliphatic carbocycles. The van der Waals surface area contributed by atoms with Crippen LogP contribution in [-0.4, -0.2) is 25.2 Å². The summed E-state index contributed by atoms with van der Waals surface area (Å²) in [5.74, 6) is -0.386. The summed E-state index contributed by atoms with van der Waals surface area (Å²) in [6, 6.07) is 0. The standard InChI is InChI=1S/C8H13FO2/c9-7-1-3-8(4-2-7)10-5-6-11-8/h7H,1-6H2. The predicted octanol–water partition coefficient (Wildman–Crippen LogP) is 1.64. The van der Waals surface area contributed by atoms with E-state index in [2.05, 4.69) is 0 Å². The van der Waals surface area contributed by atoms with Crippen LogP contribution >= 0.6 is 0 Å². The number of hydrogen-bond donors (Lipinski definition) is 0. The van der Waals surface area contributed by atoms with Crippen LogP contribution in [0.1, 0.15) is 25.7 Å². The Kier molecular flexibility index (Phi) is 1.85. The Labute approximate surface area is 65.7 Å². The van der Waals surface area contributed by atoms with E-state index in [-0.39, 0.29) is 5.79 Å². The minimum Gasteiger partial charge on any atom is -0.348 e. The predicted molar refractivity (Wildman–Crippen MR) is 38.0 cm³/mol. The Balaban J connectivity index is 1.94. The lowest BCUT2D eigenvalue weighted by molar-refractivity contribution is -0.183. The van der Waals surface area contributed by atoms with E-state index in [1.807, 2.05) is 0 Å². The van der Waals surface area contributed by atoms with Crippen molar-refractivity contribution >= 4 is 0 Å². The lowest BCUT2D eigenvalue weighted by atomic mass is 9.93. The van der Waals surface area contributed by atoms with E-state index in [9.17, 15) is 4.39 Å². The lowest BCUT2D eigenvalue weighted by Crippen LogP contribution is -2.35. The van der Waals surface area contributed by atoms with Gasteiger partial charge in [0.05, 0.1) is 13.2 Å². The Morgan fingerprint density at radius 2 is 1.64 bits per heavy atom. The summed E-state index contributed by atoms with van der Waals surface area (Å²) in [5.41, 5.74) is 0. The van der Waals surface area contributed by atoms with Crippen LogP contribution in [-0.2, 0) is 9.47 Å². The van der Waals surface area contributed by atoms with Crippen molar-refractivity contribution in [1.29, 1.82) is 0 Å². The molecule has 1 saturated heterocycles. The van der Waals surface area contributed by atoms with Gasteiger partial charge in [0, 0.05) is 12.8 Å². The fraction of sp³-hybridized carbons (Fsp3) is 1.00. The normalized spacial score (nSPS) is 31.4. The fourth-order valence-electron chi connectivity index (χ4n) is 1.81. The summed E-state index contributed by atoms with van der Waals surface area (Å²) < 4.78 is 23.6. The van der Waals surface area contributed by atoms with Gasteiger partial charge in [-0.25, -0.2) is 4.39 Å². The van der Waals surface area contributed by atoms with Gasteiger partial charge in [0.15, 0.2) is 5.79 Å². The van der Waals surface area contributed by atoms with Gasteiger partial charge in [-0.1, -0.05) is 0 Å². The molecular formula is C8H13FO2. The topological polar surface area (TPSA) is 18.5 Å². The quantitative estimate of drug-likeness (QED) is 0.536. The minimum absolute atomic E-state index is 0.386. The highest BCUT2D eigenvalue weighted by atomic mass is 19.1. The van der Waals surface area contributed by atoms with Crippen molar-refractivity contribution in [3.05, 3.63) is 0 Å². The maximum atomic E-state index is 12.7. The molecule has 1 spiro atoms. The lowest BCUT2D eigenvalue weighted by Gasteiger charge is -2.32. The largest absolute Gasteiger partial charge is 0.348 e. The van der Waals surface area contributed by atoms with E-state index in [1.54, 1.807) is 0 Å². The molecule has 0 unspecified atom stereocenters. The third kappa shape index (κ3) is 1.40. The van der Waals surface area contributed by atoms with Crippen molar-refractivity contribution in [2.24, 2.45) is 0 Å². The average Bonchev–Trinajstić information content (AvgIpc) is 2.45. The second-order valence-electron chi connectivity index (χ2n) is 3.28. The van der Waals surface area contributed by atoms with Gasteiger partial charge in [0.2, 0.25) is 0 Å². The SMILES string of the molecule is FC1CCC2(CC1)OCCO2. The highest BCUT2D eigenvalue weighted by Gasteiger charge is 2.40. The molecule has 0 N–H and O–H groups in total. The maximum absolute atomic E-state index is 12.7. The van der Waals surface area contributed by atoms with Crippen LogP contribution in [0.15, 0.2) is 0 Å². The van der Waals surface area contributed by atoms with E-state index in [0.29, 0.717) is 26.1 Å². The monoisotopic (exact) mass is 160 g/mol. The molecule has 2 fully saturated rings. The Morgan fingerprint density at radius 1 is 1.09 bits per heavy atom. The second-order valence-corrected chi connectivity index (χ2v) is 3.28. The highest BCUT2D eigenvalue weighted by Crippen LogP contribution is 2.36. The van der Waals surface area contributed by atoms with E-state index >= 15 is 0 Å². The first-order valence-corrected chi connectivity index (χ1v) is 4.23. The molecule has 64 valence electrons. The summed E-state index contributed by atoms with van der Waals surface area (Å²) in [6.45, 7) is 1.36. The molecule has 11 heavy (non-hydrogen) atoms. The summed E-state index contributed by atoms with van der Waals surface area (Å²) in [6.07, 6.45) is 2.02. The molecule has 3 heteroatoms. The second kappa shape index (κ2) is 2.72. The van der Waals surface area contributed by atoms with Gasteiger partial charge in [-0.3, -0.25) is 0 Å². The van der Waals surface area contributed by atoms with Gasteiger partial charge in [-0.05, 0) is 12.8 Å². The fourth-order valence-corrected chi connectivity index (χ4v) is 1.81. The van der Waals surface area contributed by atoms with Crippen molar-refractivity contribution in [1.82, 2.24) is 0 Å². The van der Waals surface area contributed by atoms with Crippen LogP contribution in [0, 0.1) is 0 Å². The zero-order valence-corrected chi connectivity index (χ0v) is 6.51. The summed E-state index contributed by atoms with van der Waals surface area (Å²) >= 11 is 0. The number of rotatable bonds is 0. The first kappa shape index (κ1) is 7.50. The Hall–Kier alpha value is -0.150. The Morgan fingerprint density at radius 3 is 2.18 bits per heavy atom. The van der Waals surface area contributed by atoms with Crippen molar-refractivity contribution < 1.29 is 13.9 Å². The van der Waals surface area contributed by atoms with Crippen molar-refractivity contribution in [2.45, 2.75) is 37.6 Å². The van der Waals surface area contributed by atoms with Crippen LogP contribution in [0.4, 0.5) is 4.39 Å². The molecule has 0 atom stereocenters. The number of halogens is 1. The average molecular weight is 160 g/mol. The van der Waals surface area contributed by atoms with E-state index in [1.165, 1.54) is 0 Å². The third-order valence-electron chi connectivity index (χ3n) is 2.49. The van der Waals surface area contributed by atoms with Gasteiger partial charge < -0.3 is 9.47 Å². The maximum Gasteiger partial charge on any atom is 0.168 e. The number of ether oxygens (including phenoxy) is 2. The summed E-state index contributed by atoms with van der Waals surface area (Å²) in [4.78, 5) is 0. The molecule has 2 rings (SSSR count). The molecule has 1 aliphatic heterocycles. The van der Waals surface area contributed by atoms with Gasteiger partial charge in [-0.15, -0.1) is 0 Å². The van der Waals surface area contributed by atoms with Crippen LogP contribution < -0.4 is 0 Å². The van der Waals surface area contributed by atoms with Gasteiger partial charge in [0.25, 0.3) is 0 Å². The molecule has 0 amide bonds. The van der Waals surface area contributed by atoms with E-state index in [4.69, 9.17) is 9.47 Å². The zero-order chi connectivity index (χ0) is 7.73. The molecule has 1 saturated carbocycles. The summed E-state index contributed by atoms with van der Waals surface area (Å²) in [7, 11) is 0. The van der Waals surface area contributed by atoms with Gasteiger partial charge in [0.1, 0.15) is 6.17 Å². The van der Waals surface area contributed by atoms with Gasteiger partial charge in [-0.2, -0.15) is 0 Å². The number of alkyl halides is 1. The molecule has 2 nitrogen and oxygen atoms in total. The highest BCUT2D eigenvalue weighted by molar-refractivity contribution is 4.82. The third-order valence-corrected chi connectivity index (χ3v) is 2.49. The first-order chi connectivity index (χ1) is 5.31. The van der Waals surface area contributed by atoms with Crippen molar-refractivity contribution in [3.63, 3.8) is 0 Å². The smallest absolute Gasteiger partial charge is 0.168 e. The molecule has 2 aliphatic rings. The Bertz CT molecular complexity index is 133. The minimum atomic E-state index is -0.631. The van der Waals surface area contributed by atoms with Crippen LogP contribution in [0.2, 0.25) is 0 Å². The first-order valence-electron chi connectivity index (χ1n) is 4.23.